The molecule has 0 saturated carbocycles. The van der Waals surface area contributed by atoms with Gasteiger partial charge in [-0.3, -0.25) is 4.79 Å². The van der Waals surface area contributed by atoms with Gasteiger partial charge in [-0.05, 0) is 12.3 Å². The molecule has 1 rings (SSSR count). The highest BCUT2D eigenvalue weighted by molar-refractivity contribution is 7.13. The average Bonchev–Trinajstić information content (AvgIpc) is 2.47. The number of hydrogen-bond acceptors (Lipinski definition) is 3. The van der Waals surface area contributed by atoms with Crippen LogP contribution in [0.5, 0.6) is 0 Å². The molecule has 0 fully saturated rings. The first-order valence-corrected chi connectivity index (χ1v) is 4.95. The molecule has 0 aromatic carbocycles. The molecule has 66 valence electrons. The summed E-state index contributed by atoms with van der Waals surface area (Å²) in [6.45, 7) is 6.29. The van der Waals surface area contributed by atoms with Crippen molar-refractivity contribution in [1.82, 2.24) is 4.98 Å². The Morgan fingerprint density at radius 3 is 2.58 bits per heavy atom. The highest BCUT2D eigenvalue weighted by Gasteiger charge is 2.11. The van der Waals surface area contributed by atoms with Gasteiger partial charge in [0.25, 0.3) is 0 Å². The minimum absolute atomic E-state index is 0.421. The van der Waals surface area contributed by atoms with E-state index in [1.807, 2.05) is 0 Å². The molecule has 0 aliphatic rings. The average molecular weight is 183 g/mol. The highest BCUT2D eigenvalue weighted by atomic mass is 32.1. The molecule has 0 amide bonds. The van der Waals surface area contributed by atoms with Crippen LogP contribution in [0.25, 0.3) is 0 Å². The van der Waals surface area contributed by atoms with Gasteiger partial charge in [0.15, 0.2) is 11.3 Å². The van der Waals surface area contributed by atoms with E-state index in [1.54, 1.807) is 0 Å². The van der Waals surface area contributed by atoms with Crippen LogP contribution in [-0.2, 0) is 6.42 Å². The summed E-state index contributed by atoms with van der Waals surface area (Å²) in [6, 6.07) is 0. The number of carbonyl (C=O) groups excluding carboxylic acids is 1. The number of thiazole rings is 1. The second kappa shape index (κ2) is 3.81. The molecule has 0 atom stereocenters. The SMILES string of the molecule is CCc1sc(C=O)nc1C(C)C. The maximum Gasteiger partial charge on any atom is 0.178 e. The van der Waals surface area contributed by atoms with Gasteiger partial charge in [0.05, 0.1) is 5.69 Å². The van der Waals surface area contributed by atoms with Crippen LogP contribution in [0.15, 0.2) is 0 Å². The minimum Gasteiger partial charge on any atom is -0.295 e. The van der Waals surface area contributed by atoms with Crippen molar-refractivity contribution in [2.45, 2.75) is 33.1 Å². The van der Waals surface area contributed by atoms with E-state index in [9.17, 15) is 4.79 Å². The van der Waals surface area contributed by atoms with Crippen molar-refractivity contribution >= 4 is 17.6 Å². The van der Waals surface area contributed by atoms with Gasteiger partial charge in [-0.15, -0.1) is 11.3 Å². The number of nitrogens with zero attached hydrogens (tertiary/aromatic N) is 1. The first-order chi connectivity index (χ1) is 5.69. The lowest BCUT2D eigenvalue weighted by Gasteiger charge is -2.01. The maximum absolute atomic E-state index is 10.5. The standard InChI is InChI=1S/C9H13NOS/c1-4-7-9(6(2)3)10-8(5-11)12-7/h5-6H,4H2,1-3H3. The van der Waals surface area contributed by atoms with E-state index in [-0.39, 0.29) is 0 Å². The lowest BCUT2D eigenvalue weighted by molar-refractivity contribution is 0.112. The fourth-order valence-electron chi connectivity index (χ4n) is 1.14. The summed E-state index contributed by atoms with van der Waals surface area (Å²) in [5, 5.41) is 0.607. The van der Waals surface area contributed by atoms with Crippen LogP contribution in [0.2, 0.25) is 0 Å². The van der Waals surface area contributed by atoms with Crippen molar-refractivity contribution < 1.29 is 4.79 Å². The number of aromatic nitrogens is 1. The van der Waals surface area contributed by atoms with Crippen LogP contribution in [0.3, 0.4) is 0 Å². The second-order valence-corrected chi connectivity index (χ2v) is 4.10. The predicted molar refractivity (Wildman–Crippen MR) is 51.0 cm³/mol. The third-order valence-corrected chi connectivity index (χ3v) is 2.85. The highest BCUT2D eigenvalue weighted by Crippen LogP contribution is 2.24. The number of hydrogen-bond donors (Lipinski definition) is 0. The second-order valence-electron chi connectivity index (χ2n) is 2.99. The summed E-state index contributed by atoms with van der Waals surface area (Å²) in [7, 11) is 0. The molecule has 0 radical (unpaired) electrons. The van der Waals surface area contributed by atoms with Crippen LogP contribution >= 0.6 is 11.3 Å². The van der Waals surface area contributed by atoms with Gasteiger partial charge < -0.3 is 0 Å². The number of aldehydes is 1. The number of carbonyl (C=O) groups is 1. The summed E-state index contributed by atoms with van der Waals surface area (Å²) in [6.07, 6.45) is 1.80. The Bertz CT molecular complexity index is 278. The van der Waals surface area contributed by atoms with Crippen molar-refractivity contribution in [2.24, 2.45) is 0 Å². The molecule has 1 aromatic rings. The first kappa shape index (κ1) is 9.39. The first-order valence-electron chi connectivity index (χ1n) is 4.13. The molecule has 1 aromatic heterocycles. The molecule has 0 bridgehead atoms. The summed E-state index contributed by atoms with van der Waals surface area (Å²) in [5.41, 5.74) is 1.09. The lowest BCUT2D eigenvalue weighted by Crippen LogP contribution is -1.92. The molecule has 12 heavy (non-hydrogen) atoms. The van der Waals surface area contributed by atoms with E-state index in [0.717, 1.165) is 18.4 Å². The molecule has 0 unspecified atom stereocenters. The Kier molecular flexibility index (Phi) is 2.98. The smallest absolute Gasteiger partial charge is 0.178 e. The van der Waals surface area contributed by atoms with E-state index in [2.05, 4.69) is 25.8 Å². The Morgan fingerprint density at radius 1 is 1.58 bits per heavy atom. The molecule has 2 nitrogen and oxygen atoms in total. The molecule has 0 aliphatic carbocycles. The zero-order chi connectivity index (χ0) is 9.14. The Labute approximate surface area is 76.6 Å². The zero-order valence-electron chi connectivity index (χ0n) is 7.63. The van der Waals surface area contributed by atoms with Gasteiger partial charge >= 0.3 is 0 Å². The summed E-state index contributed by atoms with van der Waals surface area (Å²) >= 11 is 1.51. The summed E-state index contributed by atoms with van der Waals surface area (Å²) in [5.74, 6) is 0.421. The van der Waals surface area contributed by atoms with E-state index in [4.69, 9.17) is 0 Å². The Balaban J connectivity index is 3.07. The van der Waals surface area contributed by atoms with Crippen molar-refractivity contribution in [3.05, 3.63) is 15.6 Å². The molecular formula is C9H13NOS. The van der Waals surface area contributed by atoms with Gasteiger partial charge in [-0.25, -0.2) is 4.98 Å². The van der Waals surface area contributed by atoms with Crippen molar-refractivity contribution in [3.63, 3.8) is 0 Å². The maximum atomic E-state index is 10.5. The van der Waals surface area contributed by atoms with Gasteiger partial charge in [0, 0.05) is 4.88 Å². The fourth-order valence-corrected chi connectivity index (χ4v) is 2.11. The van der Waals surface area contributed by atoms with E-state index in [1.165, 1.54) is 16.2 Å². The minimum atomic E-state index is 0.421. The topological polar surface area (TPSA) is 30.0 Å². The van der Waals surface area contributed by atoms with Crippen molar-refractivity contribution in [1.29, 1.82) is 0 Å². The van der Waals surface area contributed by atoms with Crippen molar-refractivity contribution in [2.75, 3.05) is 0 Å². The lowest BCUT2D eigenvalue weighted by atomic mass is 10.1. The zero-order valence-corrected chi connectivity index (χ0v) is 8.44. The van der Waals surface area contributed by atoms with Crippen molar-refractivity contribution in [3.8, 4) is 0 Å². The van der Waals surface area contributed by atoms with Crippen LogP contribution in [-0.4, -0.2) is 11.3 Å². The molecular weight excluding hydrogens is 170 g/mol. The molecule has 3 heteroatoms. The third-order valence-electron chi connectivity index (χ3n) is 1.71. The summed E-state index contributed by atoms with van der Waals surface area (Å²) in [4.78, 5) is 16.0. The molecule has 0 aliphatic heterocycles. The van der Waals surface area contributed by atoms with E-state index >= 15 is 0 Å². The van der Waals surface area contributed by atoms with Gasteiger partial charge in [-0.1, -0.05) is 20.8 Å². The van der Waals surface area contributed by atoms with Crippen LogP contribution in [0, 0.1) is 0 Å². The largest absolute Gasteiger partial charge is 0.295 e. The Hall–Kier alpha value is -0.700. The molecule has 0 N–H and O–H groups in total. The van der Waals surface area contributed by atoms with Crippen LogP contribution in [0.1, 0.15) is 47.1 Å². The van der Waals surface area contributed by atoms with Gasteiger partial charge in [-0.2, -0.15) is 0 Å². The third kappa shape index (κ3) is 1.72. The summed E-state index contributed by atoms with van der Waals surface area (Å²) < 4.78 is 0. The predicted octanol–water partition coefficient (Wildman–Crippen LogP) is 2.64. The number of aryl methyl sites for hydroxylation is 1. The van der Waals surface area contributed by atoms with E-state index < -0.39 is 0 Å². The quantitative estimate of drug-likeness (QED) is 0.674. The monoisotopic (exact) mass is 183 g/mol. The fraction of sp³-hybridized carbons (Fsp3) is 0.556. The van der Waals surface area contributed by atoms with Crippen LogP contribution < -0.4 is 0 Å². The van der Waals surface area contributed by atoms with Crippen LogP contribution in [0.4, 0.5) is 0 Å². The molecule has 0 spiro atoms. The Morgan fingerprint density at radius 2 is 2.25 bits per heavy atom. The normalized spacial score (nSPS) is 10.7. The van der Waals surface area contributed by atoms with Gasteiger partial charge in [0.2, 0.25) is 0 Å². The van der Waals surface area contributed by atoms with E-state index in [0.29, 0.717) is 10.9 Å². The van der Waals surface area contributed by atoms with Gasteiger partial charge in [0.1, 0.15) is 0 Å². The molecule has 0 saturated heterocycles. The molecule has 1 heterocycles. The number of rotatable bonds is 3.